The van der Waals surface area contributed by atoms with Crippen LogP contribution in [0, 0.1) is 5.92 Å². The van der Waals surface area contributed by atoms with Crippen LogP contribution in [0.5, 0.6) is 0 Å². The normalized spacial score (nSPS) is 20.3. The van der Waals surface area contributed by atoms with Crippen LogP contribution in [0.25, 0.3) is 0 Å². The Hall–Kier alpha value is 0.170. The van der Waals surface area contributed by atoms with Gasteiger partial charge >= 0.3 is 5.97 Å². The maximum absolute atomic E-state index is 11.3. The highest BCUT2D eigenvalue weighted by Gasteiger charge is 2.15. The summed E-state index contributed by atoms with van der Waals surface area (Å²) in [6.45, 7) is 4.68. The van der Waals surface area contributed by atoms with Crippen LogP contribution < -0.4 is 0 Å². The zero-order chi connectivity index (χ0) is 11.8. The zero-order valence-corrected chi connectivity index (χ0v) is 11.9. The largest absolute Gasteiger partial charge is 0.465 e. The van der Waals surface area contributed by atoms with E-state index in [1.807, 2.05) is 21.6 Å². The first-order valence-electron chi connectivity index (χ1n) is 6.12. The Balaban J connectivity index is 1.91. The number of ether oxygens (including phenoxy) is 1. The minimum atomic E-state index is -0.0258. The molecule has 0 radical (unpaired) electrons. The first-order valence-corrected chi connectivity index (χ1v) is 8.50. The van der Waals surface area contributed by atoms with Crippen molar-refractivity contribution in [3.8, 4) is 0 Å². The van der Waals surface area contributed by atoms with Gasteiger partial charge in [-0.3, -0.25) is 4.79 Å². The molecule has 0 N–H and O–H groups in total. The predicted octanol–water partition coefficient (Wildman–Crippen LogP) is 3.90. The van der Waals surface area contributed by atoms with E-state index in [1.54, 1.807) is 0 Å². The Morgan fingerprint density at radius 3 is 2.88 bits per heavy atom. The second-order valence-electron chi connectivity index (χ2n) is 4.65. The average molecular weight is 262 g/mol. The maximum atomic E-state index is 11.3. The van der Waals surface area contributed by atoms with E-state index >= 15 is 0 Å². The topological polar surface area (TPSA) is 26.3 Å². The molecule has 2 nitrogen and oxygen atoms in total. The van der Waals surface area contributed by atoms with Gasteiger partial charge in [-0.1, -0.05) is 41.9 Å². The smallest absolute Gasteiger partial charge is 0.305 e. The van der Waals surface area contributed by atoms with Gasteiger partial charge in [-0.15, -0.1) is 0 Å². The summed E-state index contributed by atoms with van der Waals surface area (Å²) in [4.78, 5) is 11.3. The van der Waals surface area contributed by atoms with Crippen LogP contribution in [0.15, 0.2) is 0 Å². The van der Waals surface area contributed by atoms with E-state index in [0.717, 1.165) is 18.1 Å². The summed E-state index contributed by atoms with van der Waals surface area (Å²) in [5, 5.41) is 0.830. The number of carbonyl (C=O) groups excluding carboxylic acids is 1. The molecule has 0 aromatic rings. The average Bonchev–Trinajstić information content (AvgIpc) is 2.74. The van der Waals surface area contributed by atoms with Crippen molar-refractivity contribution in [1.29, 1.82) is 0 Å². The summed E-state index contributed by atoms with van der Waals surface area (Å²) in [7, 11) is 4.00. The lowest BCUT2D eigenvalue weighted by Gasteiger charge is -2.08. The fourth-order valence-electron chi connectivity index (χ4n) is 1.54. The molecule has 4 heteroatoms. The Morgan fingerprint density at radius 1 is 1.44 bits per heavy atom. The van der Waals surface area contributed by atoms with Gasteiger partial charge in [-0.25, -0.2) is 0 Å². The summed E-state index contributed by atoms with van der Waals surface area (Å²) in [5.74, 6) is 1.71. The Morgan fingerprint density at radius 2 is 2.25 bits per heavy atom. The van der Waals surface area contributed by atoms with Crippen LogP contribution in [-0.2, 0) is 9.53 Å². The molecular weight excluding hydrogens is 240 g/mol. The summed E-state index contributed by atoms with van der Waals surface area (Å²) in [5.41, 5.74) is 0. The van der Waals surface area contributed by atoms with Gasteiger partial charge in [0, 0.05) is 17.4 Å². The SMILES string of the molecule is CC(C)COC(=O)CCCCC1CCSS1. The highest BCUT2D eigenvalue weighted by molar-refractivity contribution is 8.77. The number of hydrogen-bond donors (Lipinski definition) is 0. The van der Waals surface area contributed by atoms with Crippen LogP contribution in [0.3, 0.4) is 0 Å². The van der Waals surface area contributed by atoms with Gasteiger partial charge in [0.2, 0.25) is 0 Å². The number of rotatable bonds is 7. The van der Waals surface area contributed by atoms with E-state index in [2.05, 4.69) is 13.8 Å². The van der Waals surface area contributed by atoms with Crippen LogP contribution in [0.2, 0.25) is 0 Å². The summed E-state index contributed by atoms with van der Waals surface area (Å²) < 4.78 is 5.13. The molecule has 0 spiro atoms. The highest BCUT2D eigenvalue weighted by Crippen LogP contribution is 2.39. The van der Waals surface area contributed by atoms with Crippen molar-refractivity contribution >= 4 is 27.6 Å². The number of unbranched alkanes of at least 4 members (excludes halogenated alkanes) is 1. The van der Waals surface area contributed by atoms with Gasteiger partial charge in [0.1, 0.15) is 0 Å². The molecule has 1 unspecified atom stereocenters. The predicted molar refractivity (Wildman–Crippen MR) is 72.7 cm³/mol. The molecule has 0 amide bonds. The molecule has 0 saturated carbocycles. The van der Waals surface area contributed by atoms with E-state index < -0.39 is 0 Å². The molecule has 1 heterocycles. The van der Waals surface area contributed by atoms with Crippen molar-refractivity contribution in [2.24, 2.45) is 5.92 Å². The van der Waals surface area contributed by atoms with Crippen molar-refractivity contribution in [3.05, 3.63) is 0 Å². The molecule has 94 valence electrons. The zero-order valence-electron chi connectivity index (χ0n) is 10.2. The number of hydrogen-bond acceptors (Lipinski definition) is 4. The monoisotopic (exact) mass is 262 g/mol. The molecular formula is C12H22O2S2. The molecule has 1 fully saturated rings. The van der Waals surface area contributed by atoms with Crippen molar-refractivity contribution in [2.75, 3.05) is 12.4 Å². The summed E-state index contributed by atoms with van der Waals surface area (Å²) in [6, 6.07) is 0. The van der Waals surface area contributed by atoms with Gasteiger partial charge in [-0.2, -0.15) is 0 Å². The number of esters is 1. The lowest BCUT2D eigenvalue weighted by Crippen LogP contribution is -2.09. The van der Waals surface area contributed by atoms with Crippen LogP contribution in [-0.4, -0.2) is 23.6 Å². The standard InChI is InChI=1S/C12H22O2S2/c1-10(2)9-14-12(13)6-4-3-5-11-7-8-15-16-11/h10-11H,3-9H2,1-2H3. The molecule has 1 aliphatic rings. The molecule has 1 aliphatic heterocycles. The van der Waals surface area contributed by atoms with Crippen molar-refractivity contribution in [2.45, 2.75) is 51.2 Å². The van der Waals surface area contributed by atoms with Crippen molar-refractivity contribution in [1.82, 2.24) is 0 Å². The fraction of sp³-hybridized carbons (Fsp3) is 0.917. The van der Waals surface area contributed by atoms with Gasteiger partial charge in [0.15, 0.2) is 0 Å². The molecule has 0 aromatic heterocycles. The van der Waals surface area contributed by atoms with Gasteiger partial charge in [-0.05, 0) is 25.2 Å². The lowest BCUT2D eigenvalue weighted by atomic mass is 10.1. The molecule has 0 aliphatic carbocycles. The van der Waals surface area contributed by atoms with Gasteiger partial charge in [0.05, 0.1) is 6.61 Å². The Bertz CT molecular complexity index is 201. The van der Waals surface area contributed by atoms with Crippen molar-refractivity contribution in [3.63, 3.8) is 0 Å². The van der Waals surface area contributed by atoms with Crippen molar-refractivity contribution < 1.29 is 9.53 Å². The number of carbonyl (C=O) groups is 1. The quantitative estimate of drug-likeness (QED) is 0.395. The Labute approximate surface area is 107 Å². The molecule has 0 aromatic carbocycles. The van der Waals surface area contributed by atoms with E-state index in [4.69, 9.17) is 4.74 Å². The summed E-state index contributed by atoms with van der Waals surface area (Å²) in [6.07, 6.45) is 5.34. The van der Waals surface area contributed by atoms with E-state index in [0.29, 0.717) is 18.9 Å². The molecule has 16 heavy (non-hydrogen) atoms. The highest BCUT2D eigenvalue weighted by atomic mass is 33.1. The molecule has 1 saturated heterocycles. The third-order valence-corrected chi connectivity index (χ3v) is 5.47. The molecule has 0 bridgehead atoms. The van der Waals surface area contributed by atoms with Gasteiger partial charge < -0.3 is 4.74 Å². The first-order chi connectivity index (χ1) is 7.68. The lowest BCUT2D eigenvalue weighted by molar-refractivity contribution is -0.144. The van der Waals surface area contributed by atoms with E-state index in [-0.39, 0.29) is 5.97 Å². The second kappa shape index (κ2) is 8.29. The third kappa shape index (κ3) is 6.69. The third-order valence-electron chi connectivity index (χ3n) is 2.46. The maximum Gasteiger partial charge on any atom is 0.305 e. The fourth-order valence-corrected chi connectivity index (χ4v) is 4.57. The van der Waals surface area contributed by atoms with Gasteiger partial charge in [0.25, 0.3) is 0 Å². The molecule has 1 rings (SSSR count). The summed E-state index contributed by atoms with van der Waals surface area (Å²) >= 11 is 0. The molecule has 1 atom stereocenters. The van der Waals surface area contributed by atoms with Crippen LogP contribution in [0.4, 0.5) is 0 Å². The van der Waals surface area contributed by atoms with E-state index in [9.17, 15) is 4.79 Å². The Kier molecular flexibility index (Phi) is 7.37. The first kappa shape index (κ1) is 14.2. The van der Waals surface area contributed by atoms with E-state index in [1.165, 1.54) is 18.6 Å². The second-order valence-corrected chi connectivity index (χ2v) is 7.44. The van der Waals surface area contributed by atoms with Crippen LogP contribution in [0.1, 0.15) is 46.0 Å². The minimum Gasteiger partial charge on any atom is -0.465 e. The van der Waals surface area contributed by atoms with Crippen LogP contribution >= 0.6 is 21.6 Å². The minimum absolute atomic E-state index is 0.0258.